The van der Waals surface area contributed by atoms with E-state index in [4.69, 9.17) is 23.7 Å². The van der Waals surface area contributed by atoms with E-state index >= 15 is 0 Å². The Bertz CT molecular complexity index is 481. The minimum absolute atomic E-state index is 0. The average Bonchev–Trinajstić information content (AvgIpc) is 3.04. The summed E-state index contributed by atoms with van der Waals surface area (Å²) in [6, 6.07) is 4.12. The van der Waals surface area contributed by atoms with Crippen LogP contribution in [-0.4, -0.2) is 88.7 Å². The number of fused-ring (bicyclic) bond motifs is 1. The molecule has 0 saturated heterocycles. The molecule has 6 heteroatoms. The maximum atomic E-state index is 5.75. The summed E-state index contributed by atoms with van der Waals surface area (Å²) < 4.78 is 27.6. The molecule has 1 aliphatic heterocycles. The van der Waals surface area contributed by atoms with Gasteiger partial charge in [0.15, 0.2) is 11.5 Å². The van der Waals surface area contributed by atoms with Crippen molar-refractivity contribution in [2.24, 2.45) is 0 Å². The number of hydrogen-bond donors (Lipinski definition) is 0. The van der Waals surface area contributed by atoms with Crippen LogP contribution in [0.2, 0.25) is 0 Å². The third kappa shape index (κ3) is 8.67. The van der Waals surface area contributed by atoms with Gasteiger partial charge in [0.1, 0.15) is 0 Å². The number of rotatable bonds is 13. The van der Waals surface area contributed by atoms with Crippen molar-refractivity contribution >= 4 is 48.9 Å². The van der Waals surface area contributed by atoms with Gasteiger partial charge in [-0.15, -0.1) is 0 Å². The number of unbranched alkanes of at least 4 members (excludes halogenated alkanes) is 1. The number of hydrogen-bond acceptors (Lipinski definition) is 5. The summed E-state index contributed by atoms with van der Waals surface area (Å²) in [6.07, 6.45) is 4.38. The molecule has 0 amide bonds. The van der Waals surface area contributed by atoms with Crippen LogP contribution in [-0.2, 0) is 27.2 Å². The molecule has 0 spiro atoms. The van der Waals surface area contributed by atoms with Crippen LogP contribution >= 0.6 is 0 Å². The summed E-state index contributed by atoms with van der Waals surface area (Å²) in [5.74, 6) is 1.66. The zero-order valence-corrected chi connectivity index (χ0v) is 15.0. The van der Waals surface area contributed by atoms with E-state index in [1.165, 1.54) is 11.1 Å². The predicted octanol–water partition coefficient (Wildman–Crippen LogP) is 2.80. The summed E-state index contributed by atoms with van der Waals surface area (Å²) in [7, 11) is 0. The Hall–Kier alpha value is 0.271. The van der Waals surface area contributed by atoms with E-state index < -0.39 is 0 Å². The van der Waals surface area contributed by atoms with E-state index in [0.717, 1.165) is 43.8 Å². The molecule has 5 nitrogen and oxygen atoms in total. The molecule has 0 saturated carbocycles. The summed E-state index contributed by atoms with van der Waals surface area (Å²) in [4.78, 5) is 0. The molecule has 0 aromatic heterocycles. The molecule has 0 bridgehead atoms. The Labute approximate surface area is 191 Å². The molecule has 25 heavy (non-hydrogen) atoms. The Morgan fingerprint density at radius 1 is 0.800 bits per heavy atom. The summed E-state index contributed by atoms with van der Waals surface area (Å²) in [5.41, 5.74) is 2.44. The third-order valence-corrected chi connectivity index (χ3v) is 3.86. The van der Waals surface area contributed by atoms with Crippen molar-refractivity contribution in [2.75, 3.05) is 39.8 Å². The zero-order chi connectivity index (χ0) is 17.0. The average molecular weight is 478 g/mol. The molecular formula is C19H32BaO5. The fourth-order valence-electron chi connectivity index (χ4n) is 2.53. The molecular weight excluding hydrogens is 446 g/mol. The molecule has 2 rings (SSSR count). The molecule has 0 fully saturated rings. The Morgan fingerprint density at radius 2 is 1.40 bits per heavy atom. The van der Waals surface area contributed by atoms with Crippen molar-refractivity contribution in [3.63, 3.8) is 0 Å². The van der Waals surface area contributed by atoms with Gasteiger partial charge in [-0.05, 0) is 36.1 Å². The van der Waals surface area contributed by atoms with Gasteiger partial charge in [0.25, 0.3) is 0 Å². The SMILES string of the molecule is CCCCOCCOCCOCc1cc2c(cc1CCC)OCO2.[BaH2]. The van der Waals surface area contributed by atoms with Crippen molar-refractivity contribution in [1.29, 1.82) is 0 Å². The first-order valence-corrected chi connectivity index (χ1v) is 8.99. The van der Waals surface area contributed by atoms with Crippen molar-refractivity contribution in [3.8, 4) is 11.5 Å². The molecule has 1 aromatic carbocycles. The van der Waals surface area contributed by atoms with Gasteiger partial charge in [-0.2, -0.15) is 0 Å². The Morgan fingerprint density at radius 3 is 2.04 bits per heavy atom. The van der Waals surface area contributed by atoms with Crippen molar-refractivity contribution in [2.45, 2.75) is 46.1 Å². The molecule has 1 aromatic rings. The standard InChI is InChI=1S/C19H30O5.Ba.2H/c1-3-5-7-20-8-9-21-10-11-22-14-17-13-19-18(23-15-24-19)12-16(17)6-4-2;;;/h12-13H,3-11,14-15H2,1-2H3;;;. The van der Waals surface area contributed by atoms with Gasteiger partial charge in [-0.1, -0.05) is 26.7 Å². The van der Waals surface area contributed by atoms with E-state index in [9.17, 15) is 0 Å². The van der Waals surface area contributed by atoms with Crippen molar-refractivity contribution in [3.05, 3.63) is 23.3 Å². The van der Waals surface area contributed by atoms with Gasteiger partial charge in [-0.3, -0.25) is 0 Å². The number of ether oxygens (including phenoxy) is 5. The first kappa shape index (κ1) is 23.3. The molecule has 140 valence electrons. The van der Waals surface area contributed by atoms with Crippen molar-refractivity contribution in [1.82, 2.24) is 0 Å². The molecule has 0 atom stereocenters. The van der Waals surface area contributed by atoms with E-state index in [2.05, 4.69) is 19.9 Å². The Balaban J connectivity index is 0.00000312. The van der Waals surface area contributed by atoms with E-state index in [1.54, 1.807) is 0 Å². The van der Waals surface area contributed by atoms with Crippen LogP contribution in [0.3, 0.4) is 0 Å². The number of benzene rings is 1. The topological polar surface area (TPSA) is 46.2 Å². The molecule has 0 aliphatic carbocycles. The van der Waals surface area contributed by atoms with Crippen LogP contribution in [0, 0.1) is 0 Å². The Kier molecular flexibility index (Phi) is 13.4. The second-order valence-corrected chi connectivity index (χ2v) is 5.86. The monoisotopic (exact) mass is 478 g/mol. The van der Waals surface area contributed by atoms with Gasteiger partial charge in [0, 0.05) is 6.61 Å². The molecule has 0 N–H and O–H groups in total. The second-order valence-electron chi connectivity index (χ2n) is 5.86. The minimum atomic E-state index is 0. The molecule has 0 radical (unpaired) electrons. The fourth-order valence-corrected chi connectivity index (χ4v) is 2.53. The molecule has 1 aliphatic rings. The van der Waals surface area contributed by atoms with Crippen LogP contribution in [0.25, 0.3) is 0 Å². The van der Waals surface area contributed by atoms with Gasteiger partial charge in [-0.25, -0.2) is 0 Å². The van der Waals surface area contributed by atoms with E-state index in [-0.39, 0.29) is 48.9 Å². The van der Waals surface area contributed by atoms with Crippen molar-refractivity contribution < 1.29 is 23.7 Å². The first-order chi connectivity index (χ1) is 11.8. The van der Waals surface area contributed by atoms with E-state index in [1.807, 2.05) is 6.07 Å². The molecule has 1 heterocycles. The van der Waals surface area contributed by atoms with Crippen LogP contribution < -0.4 is 9.47 Å². The summed E-state index contributed by atoms with van der Waals surface area (Å²) >= 11 is 0. The van der Waals surface area contributed by atoms with Gasteiger partial charge in [0.05, 0.1) is 33.0 Å². The normalized spacial score (nSPS) is 12.2. The van der Waals surface area contributed by atoms with Gasteiger partial charge < -0.3 is 23.7 Å². The maximum absolute atomic E-state index is 5.75. The van der Waals surface area contributed by atoms with Gasteiger partial charge in [0.2, 0.25) is 6.79 Å². The first-order valence-electron chi connectivity index (χ1n) is 8.99. The summed E-state index contributed by atoms with van der Waals surface area (Å²) in [5, 5.41) is 0. The third-order valence-electron chi connectivity index (χ3n) is 3.86. The van der Waals surface area contributed by atoms with Crippen LogP contribution in [0.4, 0.5) is 0 Å². The fraction of sp³-hybridized carbons (Fsp3) is 0.684. The molecule has 0 unspecified atom stereocenters. The predicted molar refractivity (Wildman–Crippen MR) is 101 cm³/mol. The van der Waals surface area contributed by atoms with Gasteiger partial charge >= 0.3 is 48.9 Å². The summed E-state index contributed by atoms with van der Waals surface area (Å²) in [6.45, 7) is 8.47. The zero-order valence-electron chi connectivity index (χ0n) is 15.0. The van der Waals surface area contributed by atoms with Crippen LogP contribution in [0.15, 0.2) is 12.1 Å². The number of aryl methyl sites for hydroxylation is 1. The van der Waals surface area contributed by atoms with Crippen LogP contribution in [0.1, 0.15) is 44.2 Å². The van der Waals surface area contributed by atoms with E-state index in [0.29, 0.717) is 39.8 Å². The van der Waals surface area contributed by atoms with Crippen LogP contribution in [0.5, 0.6) is 11.5 Å². The quantitative estimate of drug-likeness (QED) is 0.323. The second kappa shape index (κ2) is 14.3.